The van der Waals surface area contributed by atoms with Crippen LogP contribution in [0.1, 0.15) is 0 Å². The summed E-state index contributed by atoms with van der Waals surface area (Å²) in [5.74, 6) is -4.47. The third kappa shape index (κ3) is 11.1. The van der Waals surface area contributed by atoms with Gasteiger partial charge in [-0.2, -0.15) is 24.2 Å². The molecule has 3 saturated heterocycles. The topological polar surface area (TPSA) is 559 Å². The molecule has 44 heteroatoms. The summed E-state index contributed by atoms with van der Waals surface area (Å²) >= 11 is 0. The second-order valence-electron chi connectivity index (χ2n) is 17.0. The fourth-order valence-corrected chi connectivity index (χ4v) is 13.1. The number of aliphatic imine (C=N–C) groups is 5. The minimum Gasteiger partial charge on any atom is -0.756 e. The second-order valence-corrected chi connectivity index (χ2v) is 23.0. The van der Waals surface area contributed by atoms with Crippen molar-refractivity contribution in [3.05, 3.63) is 0 Å². The Kier molecular flexibility index (Phi) is 15.2. The van der Waals surface area contributed by atoms with Gasteiger partial charge in [0.1, 0.15) is 54.9 Å². The minimum atomic E-state index is -6.31. The molecule has 0 saturated carbocycles. The maximum atomic E-state index is 13.7. The Morgan fingerprint density at radius 3 is 1.64 bits per heavy atom. The smallest absolute Gasteiger partial charge is 0.487 e. The molecule has 76 heavy (non-hydrogen) atoms. The number of aliphatic hydroxyl groups excluding tert-OH is 4. The molecule has 7 unspecified atom stereocenters. The average molecular weight is 1160 g/mol. The lowest BCUT2D eigenvalue weighted by Gasteiger charge is -2.30. The van der Waals surface area contributed by atoms with Gasteiger partial charge in [0.05, 0.1) is 39.5 Å². The fraction of sp³-hybridized carbons (Fsp3) is 0.625. The summed E-state index contributed by atoms with van der Waals surface area (Å²) in [4.78, 5) is 105. The molecule has 0 aliphatic carbocycles. The van der Waals surface area contributed by atoms with E-state index in [4.69, 9.17) is 48.7 Å². The molecular formula is C32H43N15O25P4. The zero-order valence-electron chi connectivity index (χ0n) is 38.3. The van der Waals surface area contributed by atoms with Gasteiger partial charge in [-0.1, -0.05) is 0 Å². The molecule has 0 spiro atoms. The Bertz CT molecular complexity index is 2890. The monoisotopic (exact) mass is 1160 g/mol. The van der Waals surface area contributed by atoms with E-state index in [-0.39, 0.29) is 17.5 Å². The summed E-state index contributed by atoms with van der Waals surface area (Å²) in [5.41, 5.74) is 0. The Balaban J connectivity index is 0.845. The van der Waals surface area contributed by atoms with Crippen LogP contribution in [0.5, 0.6) is 0 Å². The zero-order valence-corrected chi connectivity index (χ0v) is 41.9. The number of hydrogen-bond acceptors (Lipinski definition) is 30. The first-order valence-electron chi connectivity index (χ1n) is 21.5. The molecule has 19 atom stereocenters. The molecule has 0 radical (unpaired) electrons. The summed E-state index contributed by atoms with van der Waals surface area (Å²) in [7, 11) is -21.5. The van der Waals surface area contributed by atoms with Crippen molar-refractivity contribution in [2.24, 2.45) is 25.0 Å². The Labute approximate surface area is 423 Å². The number of methoxy groups -OCH3 is 1. The van der Waals surface area contributed by atoms with Crippen LogP contribution in [0.15, 0.2) is 25.0 Å². The quantitative estimate of drug-likeness (QED) is 0.0422. The zero-order chi connectivity index (χ0) is 55.1. The van der Waals surface area contributed by atoms with Gasteiger partial charge in [0.15, 0.2) is 36.2 Å². The van der Waals surface area contributed by atoms with Crippen LogP contribution in [0, 0.1) is 16.2 Å². The van der Waals surface area contributed by atoms with Crippen molar-refractivity contribution in [3.8, 4) is 0 Å². The Hall–Kier alpha value is -4.96. The summed E-state index contributed by atoms with van der Waals surface area (Å²) in [6, 6.07) is -3.67. The molecule has 0 aromatic rings. The van der Waals surface area contributed by atoms with Gasteiger partial charge in [-0.3, -0.25) is 84.5 Å². The number of aliphatic hydroxyl groups is 4. The van der Waals surface area contributed by atoms with E-state index >= 15 is 0 Å². The molecule has 3 fully saturated rings. The first kappa shape index (κ1) is 55.8. The van der Waals surface area contributed by atoms with Crippen molar-refractivity contribution in [2.75, 3.05) is 34.0 Å². The number of nitrogens with one attached hydrogen (secondary N) is 6. The van der Waals surface area contributed by atoms with Gasteiger partial charge in [-0.25, -0.2) is 22.6 Å². The number of likely N-dealkylation sites (N-methyl/N-ethyl adjacent to an activating group) is 1. The number of phosphoric acid groups is 4. The van der Waals surface area contributed by atoms with E-state index in [1.165, 1.54) is 18.0 Å². The molecule has 9 rings (SSSR count). The first-order chi connectivity index (χ1) is 35.6. The van der Waals surface area contributed by atoms with Crippen molar-refractivity contribution >= 4 is 103 Å². The number of fused-ring (bicyclic) bond motifs is 3. The number of ether oxygens (including phenoxy) is 4. The molecule has 9 aliphatic heterocycles. The minimum absolute atomic E-state index is 0.105. The van der Waals surface area contributed by atoms with Gasteiger partial charge in [0.2, 0.25) is 30.4 Å². The molecule has 3 amide bonds. The van der Waals surface area contributed by atoms with E-state index < -0.39 is 178 Å². The van der Waals surface area contributed by atoms with Crippen molar-refractivity contribution < 1.29 is 123 Å². The van der Waals surface area contributed by atoms with Crippen molar-refractivity contribution in [1.29, 1.82) is 16.2 Å². The largest absolute Gasteiger partial charge is 0.756 e. The van der Waals surface area contributed by atoms with Crippen LogP contribution in [0.25, 0.3) is 0 Å². The number of nitrogens with zero attached hydrogens (tertiary/aromatic N) is 9. The second kappa shape index (κ2) is 20.7. The fourth-order valence-electron chi connectivity index (χ4n) is 8.70. The molecule has 416 valence electrons. The van der Waals surface area contributed by atoms with Crippen LogP contribution < -0.4 is 20.8 Å². The summed E-state index contributed by atoms with van der Waals surface area (Å²) < 4.78 is 105. The van der Waals surface area contributed by atoms with E-state index in [9.17, 15) is 72.6 Å². The van der Waals surface area contributed by atoms with Gasteiger partial charge >= 0.3 is 23.5 Å². The van der Waals surface area contributed by atoms with Crippen LogP contribution in [0.2, 0.25) is 0 Å². The standard InChI is InChI=1S/C32H43N15O25P4/c1-44-8-47(23-14(44)26(54)43-32(35)40-23)28-18(51)16(49)10(68-28)4-65-74(57,58)71-76(61,62)72-75(59,60)66-5-11-19(20(63-2)29(69-11)46-7-37-13-22(46)39-31(34)42-25(13)53)70-73(55,56)64-3-9-15(48)17(50)27(67-9)45-6-36-12-21(45)38-30(33)41-24(12)52/h6-20,27-29,48-51H,3-5H2,1-2H3,(H9-,33,34,35,41,42,43,52,53,54,55,56,57,58,59,60,61,62)/t9-,10-,11-,12?,13?,14?,15-,16-,17-,18-,19-,20-,27-,28-,29-/m1/s1. The van der Waals surface area contributed by atoms with Crippen LogP contribution in [-0.4, -0.2) is 252 Å². The Morgan fingerprint density at radius 2 is 1.09 bits per heavy atom. The third-order valence-electron chi connectivity index (χ3n) is 12.0. The third-order valence-corrected chi connectivity index (χ3v) is 17.2. The normalized spacial score (nSPS) is 38.0. The van der Waals surface area contributed by atoms with Crippen molar-refractivity contribution in [3.63, 3.8) is 0 Å². The molecule has 0 bridgehead atoms. The lowest BCUT2D eigenvalue weighted by molar-refractivity contribution is -0.498. The van der Waals surface area contributed by atoms with Crippen LogP contribution in [-0.2, 0) is 78.3 Å². The van der Waals surface area contributed by atoms with Crippen LogP contribution in [0.4, 0.5) is 0 Å². The van der Waals surface area contributed by atoms with Gasteiger partial charge in [0, 0.05) is 7.11 Å². The lowest BCUT2D eigenvalue weighted by Crippen LogP contribution is -2.54. The predicted molar refractivity (Wildman–Crippen MR) is 239 cm³/mol. The molecule has 0 aromatic heterocycles. The van der Waals surface area contributed by atoms with E-state index in [0.717, 1.165) is 34.5 Å². The van der Waals surface area contributed by atoms with Gasteiger partial charge in [-0.05, 0) is 0 Å². The molecule has 0 aromatic carbocycles. The molecule has 9 heterocycles. The highest BCUT2D eigenvalue weighted by molar-refractivity contribution is 7.66. The summed E-state index contributed by atoms with van der Waals surface area (Å²) in [5, 5.41) is 73.0. The summed E-state index contributed by atoms with van der Waals surface area (Å²) in [6.07, 6.45) is -17.8. The maximum absolute atomic E-state index is 13.7. The van der Waals surface area contributed by atoms with Gasteiger partial charge < -0.3 is 63.5 Å². The number of carbonyl (C=O) groups excluding carboxylic acids is 3. The van der Waals surface area contributed by atoms with E-state index in [1.807, 2.05) is 0 Å². The van der Waals surface area contributed by atoms with Crippen LogP contribution in [0.3, 0.4) is 0 Å². The number of carbonyl (C=O) groups is 3. The number of hydrogen-bond donors (Lipinski definition) is 13. The molecule has 40 nitrogen and oxygen atoms in total. The van der Waals surface area contributed by atoms with Crippen LogP contribution >= 0.6 is 31.3 Å². The maximum Gasteiger partial charge on any atom is 0.487 e. The Morgan fingerprint density at radius 1 is 0.632 bits per heavy atom. The first-order valence-corrected chi connectivity index (χ1v) is 27.5. The number of amidine groups is 3. The van der Waals surface area contributed by atoms with E-state index in [1.54, 1.807) is 0 Å². The van der Waals surface area contributed by atoms with Crippen molar-refractivity contribution in [2.45, 2.75) is 91.7 Å². The number of amides is 3. The molecule has 9 aliphatic rings. The number of phosphoric ester groups is 3. The number of guanidine groups is 3. The van der Waals surface area contributed by atoms with E-state index in [2.05, 4.69) is 54.1 Å². The highest BCUT2D eigenvalue weighted by Crippen LogP contribution is 2.67. The van der Waals surface area contributed by atoms with Gasteiger partial charge in [0.25, 0.3) is 37.4 Å². The number of rotatable bonds is 19. The highest BCUT2D eigenvalue weighted by Gasteiger charge is 2.58. The lowest BCUT2D eigenvalue weighted by atomic mass is 10.1. The molecular weight excluding hydrogens is 1120 g/mol. The van der Waals surface area contributed by atoms with Gasteiger partial charge in [-0.15, -0.1) is 0 Å². The highest BCUT2D eigenvalue weighted by atomic mass is 31.3. The summed E-state index contributed by atoms with van der Waals surface area (Å²) in [6.45, 7) is -3.62. The predicted octanol–water partition coefficient (Wildman–Crippen LogP) is -7.97. The van der Waals surface area contributed by atoms with E-state index in [0.29, 0.717) is 0 Å². The van der Waals surface area contributed by atoms with Crippen molar-refractivity contribution in [1.82, 2.24) is 30.7 Å². The SMILES string of the molecule is CO[C@@H]1[C@H](OP(=O)(O)OC[C@H]2O[C@@H](N3C=NC4C(=O)NC(=N)N=C43)[C@H](O)[C@@H]2O)[C@@H](COP(=O)(O)OP(=O)(O)OP(=O)([O-])OC[C@H]2O[C@@H](N3C=[N+](C)C4C(=O)NC(=N)N=C43)[C@H](O)[C@@H]2O)O[C@H]1N1C=NC2C(=O)NC(=N)N=C21. The average Bonchev–Trinajstić information content (AvgIpc) is 4.17. The molecule has 13 N–H and O–H groups in total.